The van der Waals surface area contributed by atoms with Gasteiger partial charge in [-0.15, -0.1) is 0 Å². The number of rotatable bonds is 5. The average molecular weight is 258 g/mol. The van der Waals surface area contributed by atoms with Crippen LogP contribution < -0.4 is 0 Å². The van der Waals surface area contributed by atoms with E-state index in [0.29, 0.717) is 0 Å². The summed E-state index contributed by atoms with van der Waals surface area (Å²) in [4.78, 5) is 33.2. The first-order chi connectivity index (χ1) is 8.30. The quantitative estimate of drug-likeness (QED) is 0.601. The molecule has 0 atom stereocenters. The van der Waals surface area contributed by atoms with Crippen molar-refractivity contribution in [3.05, 3.63) is 35.9 Å². The van der Waals surface area contributed by atoms with Crippen molar-refractivity contribution in [3.63, 3.8) is 0 Å². The first-order valence-corrected chi connectivity index (χ1v) is 5.00. The SMILES string of the molecule is O=C(CC(=O)c1ccccc1)CC(=O)C(F)(F)F. The molecule has 18 heavy (non-hydrogen) atoms. The van der Waals surface area contributed by atoms with Crippen LogP contribution in [0.5, 0.6) is 0 Å². The maximum atomic E-state index is 11.9. The van der Waals surface area contributed by atoms with Gasteiger partial charge in [-0.05, 0) is 0 Å². The van der Waals surface area contributed by atoms with Crippen molar-refractivity contribution < 1.29 is 27.6 Å². The Morgan fingerprint density at radius 2 is 1.50 bits per heavy atom. The maximum Gasteiger partial charge on any atom is 0.450 e. The summed E-state index contributed by atoms with van der Waals surface area (Å²) < 4.78 is 35.6. The van der Waals surface area contributed by atoms with Crippen molar-refractivity contribution in [2.75, 3.05) is 0 Å². The molecular weight excluding hydrogens is 249 g/mol. The molecular formula is C12H9F3O3. The molecule has 0 aromatic heterocycles. The van der Waals surface area contributed by atoms with Gasteiger partial charge in [0.25, 0.3) is 0 Å². The monoisotopic (exact) mass is 258 g/mol. The summed E-state index contributed by atoms with van der Waals surface area (Å²) in [5.74, 6) is -3.77. The lowest BCUT2D eigenvalue weighted by molar-refractivity contribution is -0.171. The summed E-state index contributed by atoms with van der Waals surface area (Å²) in [6.07, 6.45) is -7.03. The molecule has 0 radical (unpaired) electrons. The Balaban J connectivity index is 2.57. The zero-order valence-electron chi connectivity index (χ0n) is 9.16. The molecule has 0 spiro atoms. The van der Waals surface area contributed by atoms with Crippen LogP contribution in [0.3, 0.4) is 0 Å². The van der Waals surface area contributed by atoms with Crippen molar-refractivity contribution in [1.82, 2.24) is 0 Å². The molecule has 3 nitrogen and oxygen atoms in total. The summed E-state index contributed by atoms with van der Waals surface area (Å²) in [7, 11) is 0. The molecule has 0 saturated carbocycles. The second-order valence-corrected chi connectivity index (χ2v) is 3.60. The molecule has 6 heteroatoms. The number of hydrogen-bond donors (Lipinski definition) is 0. The molecule has 1 rings (SSSR count). The van der Waals surface area contributed by atoms with Gasteiger partial charge in [-0.1, -0.05) is 30.3 Å². The fourth-order valence-corrected chi connectivity index (χ4v) is 1.25. The Hall–Kier alpha value is -1.98. The van der Waals surface area contributed by atoms with E-state index in [1.807, 2.05) is 0 Å². The summed E-state index contributed by atoms with van der Waals surface area (Å²) in [6.45, 7) is 0. The molecule has 96 valence electrons. The van der Waals surface area contributed by atoms with Crippen LogP contribution in [0.1, 0.15) is 23.2 Å². The maximum absolute atomic E-state index is 11.9. The number of carbonyl (C=O) groups is 3. The summed E-state index contributed by atoms with van der Waals surface area (Å²) in [5, 5.41) is 0. The number of carbonyl (C=O) groups excluding carboxylic acids is 3. The topological polar surface area (TPSA) is 51.2 Å². The molecule has 0 N–H and O–H groups in total. The molecule has 1 aromatic carbocycles. The fourth-order valence-electron chi connectivity index (χ4n) is 1.25. The van der Waals surface area contributed by atoms with Crippen LogP contribution >= 0.6 is 0 Å². The number of hydrogen-bond acceptors (Lipinski definition) is 3. The zero-order chi connectivity index (χ0) is 13.8. The van der Waals surface area contributed by atoms with Gasteiger partial charge in [0.1, 0.15) is 5.78 Å². The molecule has 0 amide bonds. The normalized spacial score (nSPS) is 11.1. The molecule has 0 aliphatic carbocycles. The van der Waals surface area contributed by atoms with Crippen molar-refractivity contribution in [3.8, 4) is 0 Å². The molecule has 0 unspecified atom stereocenters. The standard InChI is InChI=1S/C12H9F3O3/c13-12(14,15)11(18)7-9(16)6-10(17)8-4-2-1-3-5-8/h1-5H,6-7H2. The van der Waals surface area contributed by atoms with Gasteiger partial charge in [-0.25, -0.2) is 0 Å². The van der Waals surface area contributed by atoms with Gasteiger partial charge >= 0.3 is 6.18 Å². The van der Waals surface area contributed by atoms with E-state index in [9.17, 15) is 27.6 Å². The minimum atomic E-state index is -5.04. The first kappa shape index (κ1) is 14.1. The Morgan fingerprint density at radius 3 is 2.00 bits per heavy atom. The van der Waals surface area contributed by atoms with E-state index in [4.69, 9.17) is 0 Å². The fraction of sp³-hybridized carbons (Fsp3) is 0.250. The third-order valence-corrected chi connectivity index (χ3v) is 2.13. The number of halogens is 3. The molecule has 0 bridgehead atoms. The molecule has 0 aliphatic heterocycles. The third kappa shape index (κ3) is 4.12. The lowest BCUT2D eigenvalue weighted by atomic mass is 10.0. The van der Waals surface area contributed by atoms with E-state index < -0.39 is 36.4 Å². The molecule has 0 fully saturated rings. The lowest BCUT2D eigenvalue weighted by Gasteiger charge is -2.04. The predicted octanol–water partition coefficient (Wildman–Crippen LogP) is 2.35. The van der Waals surface area contributed by atoms with Gasteiger partial charge < -0.3 is 0 Å². The van der Waals surface area contributed by atoms with E-state index in [-0.39, 0.29) is 5.56 Å². The number of Topliss-reactive ketones (excluding diaryl/α,β-unsaturated/α-hetero) is 3. The summed E-state index contributed by atoms with van der Waals surface area (Å²) in [6, 6.07) is 7.69. The van der Waals surface area contributed by atoms with Crippen LogP contribution in [0.2, 0.25) is 0 Å². The second kappa shape index (κ2) is 5.57. The van der Waals surface area contributed by atoms with Crippen molar-refractivity contribution in [1.29, 1.82) is 0 Å². The van der Waals surface area contributed by atoms with Crippen LogP contribution in [-0.4, -0.2) is 23.5 Å². The zero-order valence-corrected chi connectivity index (χ0v) is 9.16. The van der Waals surface area contributed by atoms with Crippen LogP contribution in [-0.2, 0) is 9.59 Å². The highest BCUT2D eigenvalue weighted by molar-refractivity contribution is 6.13. The van der Waals surface area contributed by atoms with Gasteiger partial charge in [0, 0.05) is 5.56 Å². The highest BCUT2D eigenvalue weighted by Crippen LogP contribution is 2.18. The Morgan fingerprint density at radius 1 is 0.944 bits per heavy atom. The van der Waals surface area contributed by atoms with Crippen LogP contribution in [0.25, 0.3) is 0 Å². The van der Waals surface area contributed by atoms with E-state index in [1.54, 1.807) is 18.2 Å². The minimum absolute atomic E-state index is 0.227. The van der Waals surface area contributed by atoms with E-state index >= 15 is 0 Å². The minimum Gasteiger partial charge on any atom is -0.299 e. The Kier molecular flexibility index (Phi) is 4.36. The van der Waals surface area contributed by atoms with E-state index in [1.165, 1.54) is 12.1 Å². The van der Waals surface area contributed by atoms with Crippen molar-refractivity contribution >= 4 is 17.3 Å². The van der Waals surface area contributed by atoms with E-state index in [2.05, 4.69) is 0 Å². The van der Waals surface area contributed by atoms with Crippen LogP contribution in [0.15, 0.2) is 30.3 Å². The second-order valence-electron chi connectivity index (χ2n) is 3.60. The smallest absolute Gasteiger partial charge is 0.299 e. The first-order valence-electron chi connectivity index (χ1n) is 5.00. The predicted molar refractivity (Wildman–Crippen MR) is 56.1 cm³/mol. The molecule has 0 saturated heterocycles. The summed E-state index contributed by atoms with van der Waals surface area (Å²) in [5.41, 5.74) is 0.227. The largest absolute Gasteiger partial charge is 0.450 e. The third-order valence-electron chi connectivity index (χ3n) is 2.13. The summed E-state index contributed by atoms with van der Waals surface area (Å²) >= 11 is 0. The molecule has 1 aromatic rings. The number of ketones is 3. The lowest BCUT2D eigenvalue weighted by Crippen LogP contribution is -2.26. The van der Waals surface area contributed by atoms with E-state index in [0.717, 1.165) is 0 Å². The highest BCUT2D eigenvalue weighted by atomic mass is 19.4. The highest BCUT2D eigenvalue weighted by Gasteiger charge is 2.39. The Bertz CT molecular complexity index is 463. The van der Waals surface area contributed by atoms with Crippen molar-refractivity contribution in [2.24, 2.45) is 0 Å². The number of alkyl halides is 3. The number of benzene rings is 1. The van der Waals surface area contributed by atoms with Gasteiger partial charge in [0.05, 0.1) is 12.8 Å². The molecule has 0 aliphatic rings. The van der Waals surface area contributed by atoms with Gasteiger partial charge in [-0.2, -0.15) is 13.2 Å². The molecule has 0 heterocycles. The average Bonchev–Trinajstić information content (AvgIpc) is 2.28. The van der Waals surface area contributed by atoms with Gasteiger partial charge in [-0.3, -0.25) is 14.4 Å². The van der Waals surface area contributed by atoms with Crippen molar-refractivity contribution in [2.45, 2.75) is 19.0 Å². The van der Waals surface area contributed by atoms with Crippen LogP contribution in [0.4, 0.5) is 13.2 Å². The van der Waals surface area contributed by atoms with Crippen LogP contribution in [0, 0.1) is 0 Å². The Labute approximate surface area is 101 Å². The van der Waals surface area contributed by atoms with Gasteiger partial charge in [0.15, 0.2) is 5.78 Å². The van der Waals surface area contributed by atoms with Gasteiger partial charge in [0.2, 0.25) is 5.78 Å².